The predicted molar refractivity (Wildman–Crippen MR) is 71.4 cm³/mol. The number of ether oxygens (including phenoxy) is 1. The molecule has 0 aliphatic carbocycles. The van der Waals surface area contributed by atoms with E-state index in [9.17, 15) is 10.1 Å². The van der Waals surface area contributed by atoms with Crippen LogP contribution in [0.1, 0.15) is 17.2 Å². The van der Waals surface area contributed by atoms with Crippen molar-refractivity contribution >= 4 is 5.69 Å². The van der Waals surface area contributed by atoms with E-state index < -0.39 is 4.92 Å². The van der Waals surface area contributed by atoms with Crippen molar-refractivity contribution in [2.24, 2.45) is 0 Å². The fourth-order valence-electron chi connectivity index (χ4n) is 1.79. The van der Waals surface area contributed by atoms with Crippen LogP contribution >= 0.6 is 0 Å². The Balaban J connectivity index is 1.99. The summed E-state index contributed by atoms with van der Waals surface area (Å²) < 4.78 is 10.3. The van der Waals surface area contributed by atoms with E-state index in [-0.39, 0.29) is 11.4 Å². The molecule has 1 aromatic heterocycles. The van der Waals surface area contributed by atoms with E-state index >= 15 is 0 Å². The fourth-order valence-corrected chi connectivity index (χ4v) is 1.79. The summed E-state index contributed by atoms with van der Waals surface area (Å²) in [5, 5.41) is 14.0. The first-order chi connectivity index (χ1) is 9.60. The van der Waals surface area contributed by atoms with Gasteiger partial charge in [0.25, 0.3) is 0 Å². The van der Waals surface area contributed by atoms with Crippen molar-refractivity contribution in [2.45, 2.75) is 20.0 Å². The number of methoxy groups -OCH3 is 1. The second-order valence-electron chi connectivity index (χ2n) is 4.23. The number of hydrogen-bond donors (Lipinski definition) is 1. The van der Waals surface area contributed by atoms with E-state index in [1.54, 1.807) is 18.3 Å². The molecule has 1 aromatic carbocycles. The summed E-state index contributed by atoms with van der Waals surface area (Å²) in [4.78, 5) is 14.5. The van der Waals surface area contributed by atoms with Gasteiger partial charge in [0.05, 0.1) is 24.8 Å². The minimum absolute atomic E-state index is 0.0428. The molecule has 2 rings (SSSR count). The zero-order valence-corrected chi connectivity index (χ0v) is 11.3. The standard InChI is InChI=1S/C13H15N3O4/c1-9-6-15-13(20-9)8-14-7-10-3-4-12(19-2)11(5-10)16(17)18/h3-6,14H,7-8H2,1-2H3. The Bertz CT molecular complexity index is 609. The Morgan fingerprint density at radius 2 is 2.25 bits per heavy atom. The van der Waals surface area contributed by atoms with E-state index in [4.69, 9.17) is 9.15 Å². The van der Waals surface area contributed by atoms with E-state index in [1.165, 1.54) is 13.2 Å². The van der Waals surface area contributed by atoms with Crippen LogP contribution in [0.3, 0.4) is 0 Å². The molecule has 0 atom stereocenters. The summed E-state index contributed by atoms with van der Waals surface area (Å²) in [6, 6.07) is 4.86. The van der Waals surface area contributed by atoms with Crippen LogP contribution in [0, 0.1) is 17.0 Å². The van der Waals surface area contributed by atoms with Crippen molar-refractivity contribution in [3.63, 3.8) is 0 Å². The van der Waals surface area contributed by atoms with Gasteiger partial charge in [0.1, 0.15) is 5.76 Å². The topological polar surface area (TPSA) is 90.4 Å². The van der Waals surface area contributed by atoms with Gasteiger partial charge in [-0.3, -0.25) is 10.1 Å². The van der Waals surface area contributed by atoms with Gasteiger partial charge >= 0.3 is 5.69 Å². The molecule has 7 nitrogen and oxygen atoms in total. The minimum atomic E-state index is -0.459. The molecule has 0 unspecified atom stereocenters. The highest BCUT2D eigenvalue weighted by Gasteiger charge is 2.14. The normalized spacial score (nSPS) is 10.5. The SMILES string of the molecule is COc1ccc(CNCc2ncc(C)o2)cc1[N+](=O)[O-]. The average molecular weight is 277 g/mol. The molecule has 2 aromatic rings. The second kappa shape index (κ2) is 6.16. The lowest BCUT2D eigenvalue weighted by Gasteiger charge is -2.05. The van der Waals surface area contributed by atoms with Crippen LogP contribution in [0.25, 0.3) is 0 Å². The van der Waals surface area contributed by atoms with E-state index in [2.05, 4.69) is 10.3 Å². The highest BCUT2D eigenvalue weighted by atomic mass is 16.6. The smallest absolute Gasteiger partial charge is 0.311 e. The summed E-state index contributed by atoms with van der Waals surface area (Å²) in [5.74, 6) is 1.59. The van der Waals surface area contributed by atoms with Crippen LogP contribution in [0.15, 0.2) is 28.8 Å². The maximum absolute atomic E-state index is 10.9. The van der Waals surface area contributed by atoms with Gasteiger partial charge in [-0.2, -0.15) is 0 Å². The molecular weight excluding hydrogens is 262 g/mol. The molecule has 0 spiro atoms. The lowest BCUT2D eigenvalue weighted by Crippen LogP contribution is -2.13. The van der Waals surface area contributed by atoms with Crippen LogP contribution in [-0.4, -0.2) is 17.0 Å². The summed E-state index contributed by atoms with van der Waals surface area (Å²) >= 11 is 0. The maximum atomic E-state index is 10.9. The van der Waals surface area contributed by atoms with Crippen LogP contribution in [0.4, 0.5) is 5.69 Å². The molecule has 0 aliphatic heterocycles. The molecular formula is C13H15N3O4. The summed E-state index contributed by atoms with van der Waals surface area (Å²) in [6.45, 7) is 2.77. The highest BCUT2D eigenvalue weighted by Crippen LogP contribution is 2.27. The van der Waals surface area contributed by atoms with Gasteiger partial charge in [0.2, 0.25) is 5.89 Å². The Morgan fingerprint density at radius 1 is 1.45 bits per heavy atom. The van der Waals surface area contributed by atoms with Crippen molar-refractivity contribution < 1.29 is 14.1 Å². The van der Waals surface area contributed by atoms with Gasteiger partial charge in [0, 0.05) is 12.6 Å². The van der Waals surface area contributed by atoms with Gasteiger partial charge in [-0.05, 0) is 18.6 Å². The van der Waals surface area contributed by atoms with Crippen molar-refractivity contribution in [3.05, 3.63) is 51.7 Å². The zero-order valence-electron chi connectivity index (χ0n) is 11.3. The molecule has 1 N–H and O–H groups in total. The predicted octanol–water partition coefficient (Wildman–Crippen LogP) is 2.19. The van der Waals surface area contributed by atoms with E-state index in [0.717, 1.165) is 11.3 Å². The third-order valence-electron chi connectivity index (χ3n) is 2.71. The molecule has 1 heterocycles. The first kappa shape index (κ1) is 14.0. The van der Waals surface area contributed by atoms with Gasteiger partial charge in [-0.15, -0.1) is 0 Å². The van der Waals surface area contributed by atoms with Crippen LogP contribution in [0.2, 0.25) is 0 Å². The number of hydrogen-bond acceptors (Lipinski definition) is 6. The molecule has 0 fully saturated rings. The van der Waals surface area contributed by atoms with Crippen molar-refractivity contribution in [3.8, 4) is 5.75 Å². The summed E-state index contributed by atoms with van der Waals surface area (Å²) in [5.41, 5.74) is 0.750. The number of nitrogens with zero attached hydrogens (tertiary/aromatic N) is 2. The first-order valence-corrected chi connectivity index (χ1v) is 6.03. The summed E-state index contributed by atoms with van der Waals surface area (Å²) in [7, 11) is 1.41. The zero-order chi connectivity index (χ0) is 14.5. The number of aryl methyl sites for hydroxylation is 1. The lowest BCUT2D eigenvalue weighted by atomic mass is 10.2. The number of benzene rings is 1. The quantitative estimate of drug-likeness (QED) is 0.643. The monoisotopic (exact) mass is 277 g/mol. The molecule has 0 bridgehead atoms. The van der Waals surface area contributed by atoms with Crippen LogP contribution in [0.5, 0.6) is 5.75 Å². The lowest BCUT2D eigenvalue weighted by molar-refractivity contribution is -0.385. The van der Waals surface area contributed by atoms with Crippen molar-refractivity contribution in [1.82, 2.24) is 10.3 Å². The summed E-state index contributed by atoms with van der Waals surface area (Å²) in [6.07, 6.45) is 1.65. The molecule has 0 radical (unpaired) electrons. The van der Waals surface area contributed by atoms with Crippen molar-refractivity contribution in [2.75, 3.05) is 7.11 Å². The number of aromatic nitrogens is 1. The van der Waals surface area contributed by atoms with Gasteiger partial charge in [0.15, 0.2) is 5.75 Å². The van der Waals surface area contributed by atoms with E-state index in [1.807, 2.05) is 6.92 Å². The number of nitro groups is 1. The Kier molecular flexibility index (Phi) is 4.31. The number of nitro benzene ring substituents is 1. The molecule has 106 valence electrons. The molecule has 0 saturated heterocycles. The second-order valence-corrected chi connectivity index (χ2v) is 4.23. The molecule has 0 saturated carbocycles. The fraction of sp³-hybridized carbons (Fsp3) is 0.308. The Hall–Kier alpha value is -2.41. The van der Waals surface area contributed by atoms with Gasteiger partial charge in [-0.25, -0.2) is 4.98 Å². The van der Waals surface area contributed by atoms with E-state index in [0.29, 0.717) is 19.0 Å². The number of nitrogens with one attached hydrogen (secondary N) is 1. The Morgan fingerprint density at radius 3 is 2.85 bits per heavy atom. The molecule has 7 heteroatoms. The minimum Gasteiger partial charge on any atom is -0.490 e. The van der Waals surface area contributed by atoms with Gasteiger partial charge in [-0.1, -0.05) is 6.07 Å². The highest BCUT2D eigenvalue weighted by molar-refractivity contribution is 5.48. The van der Waals surface area contributed by atoms with Crippen LogP contribution < -0.4 is 10.1 Å². The number of rotatable bonds is 6. The third kappa shape index (κ3) is 3.33. The van der Waals surface area contributed by atoms with Gasteiger partial charge < -0.3 is 14.5 Å². The average Bonchev–Trinajstić information content (AvgIpc) is 2.84. The largest absolute Gasteiger partial charge is 0.490 e. The molecule has 0 amide bonds. The first-order valence-electron chi connectivity index (χ1n) is 6.03. The Labute approximate surface area is 115 Å². The molecule has 20 heavy (non-hydrogen) atoms. The molecule has 0 aliphatic rings. The third-order valence-corrected chi connectivity index (χ3v) is 2.71. The maximum Gasteiger partial charge on any atom is 0.311 e. The van der Waals surface area contributed by atoms with Crippen LogP contribution in [-0.2, 0) is 13.1 Å². The number of oxazole rings is 1. The van der Waals surface area contributed by atoms with Crippen molar-refractivity contribution in [1.29, 1.82) is 0 Å².